The van der Waals surface area contributed by atoms with Crippen molar-refractivity contribution in [3.8, 4) is 0 Å². The quantitative estimate of drug-likeness (QED) is 0.769. The van der Waals surface area contributed by atoms with Crippen LogP contribution in [0.3, 0.4) is 0 Å². The van der Waals surface area contributed by atoms with Crippen LogP contribution in [0.25, 0.3) is 0 Å². The molecule has 2 rings (SSSR count). The van der Waals surface area contributed by atoms with E-state index in [9.17, 15) is 9.59 Å². The van der Waals surface area contributed by atoms with Crippen LogP contribution in [0.2, 0.25) is 0 Å². The second kappa shape index (κ2) is 5.88. The third-order valence-corrected chi connectivity index (χ3v) is 3.37. The Balaban J connectivity index is 1.98. The van der Waals surface area contributed by atoms with Gasteiger partial charge in [-0.2, -0.15) is 0 Å². The molecule has 0 bridgehead atoms. The van der Waals surface area contributed by atoms with Gasteiger partial charge in [-0.3, -0.25) is 9.69 Å². The first-order valence-corrected chi connectivity index (χ1v) is 6.51. The summed E-state index contributed by atoms with van der Waals surface area (Å²) in [6, 6.07) is 0. The average Bonchev–Trinajstić information content (AvgIpc) is 2.72. The van der Waals surface area contributed by atoms with Gasteiger partial charge >= 0.3 is 5.97 Å². The Morgan fingerprint density at radius 3 is 2.68 bits per heavy atom. The van der Waals surface area contributed by atoms with E-state index in [0.29, 0.717) is 12.2 Å². The van der Waals surface area contributed by atoms with Gasteiger partial charge in [0.05, 0.1) is 12.2 Å². The van der Waals surface area contributed by atoms with Crippen molar-refractivity contribution in [3.05, 3.63) is 17.5 Å². The summed E-state index contributed by atoms with van der Waals surface area (Å²) in [5, 5.41) is 11.7. The number of H-pyrrole nitrogens is 1. The van der Waals surface area contributed by atoms with E-state index in [-0.39, 0.29) is 11.6 Å². The van der Waals surface area contributed by atoms with Crippen molar-refractivity contribution in [3.63, 3.8) is 0 Å². The van der Waals surface area contributed by atoms with Crippen LogP contribution in [0.1, 0.15) is 35.3 Å². The molecule has 3 N–H and O–H groups in total. The zero-order valence-corrected chi connectivity index (χ0v) is 11.0. The number of anilines is 1. The fourth-order valence-corrected chi connectivity index (χ4v) is 2.35. The van der Waals surface area contributed by atoms with E-state index in [1.165, 1.54) is 6.42 Å². The summed E-state index contributed by atoms with van der Waals surface area (Å²) < 4.78 is 0. The van der Waals surface area contributed by atoms with Crippen molar-refractivity contribution in [2.24, 2.45) is 0 Å². The van der Waals surface area contributed by atoms with Crippen molar-refractivity contribution in [2.75, 3.05) is 25.0 Å². The zero-order chi connectivity index (χ0) is 13.8. The molecule has 0 aromatic carbocycles. The molecule has 0 spiro atoms. The molecule has 0 saturated carbocycles. The molecule has 104 valence electrons. The molecule has 6 heteroatoms. The molecule has 1 fully saturated rings. The molecule has 0 atom stereocenters. The molecule has 0 unspecified atom stereocenters. The first kappa shape index (κ1) is 13.6. The Morgan fingerprint density at radius 2 is 2.05 bits per heavy atom. The Bertz CT molecular complexity index is 475. The maximum atomic E-state index is 11.9. The number of aryl methyl sites for hydroxylation is 1. The Labute approximate surface area is 111 Å². The van der Waals surface area contributed by atoms with Crippen molar-refractivity contribution >= 4 is 17.6 Å². The van der Waals surface area contributed by atoms with Crippen LogP contribution in [0.4, 0.5) is 5.69 Å². The number of aromatic amines is 1. The van der Waals surface area contributed by atoms with Gasteiger partial charge in [0, 0.05) is 6.20 Å². The number of likely N-dealkylation sites (tertiary alicyclic amines) is 1. The third kappa shape index (κ3) is 3.35. The summed E-state index contributed by atoms with van der Waals surface area (Å²) in [5.41, 5.74) is 1.13. The second-order valence-electron chi connectivity index (χ2n) is 4.91. The van der Waals surface area contributed by atoms with Gasteiger partial charge in [0.2, 0.25) is 5.91 Å². The van der Waals surface area contributed by atoms with Crippen LogP contribution in [-0.4, -0.2) is 46.5 Å². The fourth-order valence-electron chi connectivity index (χ4n) is 2.35. The normalized spacial score (nSPS) is 16.3. The molecular weight excluding hydrogens is 246 g/mol. The number of amides is 1. The molecule has 19 heavy (non-hydrogen) atoms. The highest BCUT2D eigenvalue weighted by molar-refractivity contribution is 6.01. The first-order chi connectivity index (χ1) is 9.08. The lowest BCUT2D eigenvalue weighted by atomic mass is 10.1. The summed E-state index contributed by atoms with van der Waals surface area (Å²) in [5.74, 6) is -1.23. The van der Waals surface area contributed by atoms with E-state index >= 15 is 0 Å². The molecule has 0 aliphatic carbocycles. The molecule has 2 heterocycles. The molecular formula is C13H19N3O3. The van der Waals surface area contributed by atoms with Crippen LogP contribution in [0, 0.1) is 6.92 Å². The minimum atomic E-state index is -1.07. The van der Waals surface area contributed by atoms with Crippen molar-refractivity contribution in [1.29, 1.82) is 0 Å². The van der Waals surface area contributed by atoms with Crippen molar-refractivity contribution in [2.45, 2.75) is 26.2 Å². The number of aromatic nitrogens is 1. The van der Waals surface area contributed by atoms with E-state index in [0.717, 1.165) is 31.5 Å². The topological polar surface area (TPSA) is 85.4 Å². The second-order valence-corrected chi connectivity index (χ2v) is 4.91. The van der Waals surface area contributed by atoms with Crippen LogP contribution in [-0.2, 0) is 4.79 Å². The highest BCUT2D eigenvalue weighted by Crippen LogP contribution is 2.20. The standard InChI is InChI=1S/C13H19N3O3/c1-9-7-14-12(13(18)19)11(9)15-10(17)8-16-5-3-2-4-6-16/h7,14H,2-6,8H2,1H3,(H,15,17)(H,18,19). The number of hydrogen-bond donors (Lipinski definition) is 3. The number of piperidine rings is 1. The maximum Gasteiger partial charge on any atom is 0.354 e. The summed E-state index contributed by atoms with van der Waals surface area (Å²) >= 11 is 0. The number of aromatic carboxylic acids is 1. The number of nitrogens with zero attached hydrogens (tertiary/aromatic N) is 1. The van der Waals surface area contributed by atoms with Gasteiger partial charge in [-0.15, -0.1) is 0 Å². The van der Waals surface area contributed by atoms with Crippen molar-refractivity contribution < 1.29 is 14.7 Å². The van der Waals surface area contributed by atoms with E-state index in [4.69, 9.17) is 5.11 Å². The molecule has 1 aliphatic rings. The number of carboxylic acids is 1. The summed E-state index contributed by atoms with van der Waals surface area (Å²) in [6.45, 7) is 3.96. The average molecular weight is 265 g/mol. The van der Waals surface area contributed by atoms with Crippen molar-refractivity contribution in [1.82, 2.24) is 9.88 Å². The Morgan fingerprint density at radius 1 is 1.37 bits per heavy atom. The molecule has 1 aliphatic heterocycles. The highest BCUT2D eigenvalue weighted by atomic mass is 16.4. The lowest BCUT2D eigenvalue weighted by Crippen LogP contribution is -2.37. The third-order valence-electron chi connectivity index (χ3n) is 3.37. The highest BCUT2D eigenvalue weighted by Gasteiger charge is 2.19. The molecule has 1 amide bonds. The van der Waals surface area contributed by atoms with Crippen LogP contribution >= 0.6 is 0 Å². The summed E-state index contributed by atoms with van der Waals surface area (Å²) in [4.78, 5) is 27.7. The SMILES string of the molecule is Cc1c[nH]c(C(=O)O)c1NC(=O)CN1CCCCC1. The van der Waals surface area contributed by atoms with Gasteiger partial charge in [-0.05, 0) is 38.4 Å². The number of carbonyl (C=O) groups is 2. The minimum Gasteiger partial charge on any atom is -0.477 e. The van der Waals surface area contributed by atoms with Gasteiger partial charge < -0.3 is 15.4 Å². The Kier molecular flexibility index (Phi) is 4.21. The largest absolute Gasteiger partial charge is 0.477 e. The maximum absolute atomic E-state index is 11.9. The minimum absolute atomic E-state index is 0.0319. The molecule has 6 nitrogen and oxygen atoms in total. The number of hydrogen-bond acceptors (Lipinski definition) is 3. The van der Waals surface area contributed by atoms with Gasteiger partial charge in [-0.1, -0.05) is 6.42 Å². The lowest BCUT2D eigenvalue weighted by Gasteiger charge is -2.25. The molecule has 1 saturated heterocycles. The Hall–Kier alpha value is -1.82. The number of carboxylic acid groups (broad SMARTS) is 1. The fraction of sp³-hybridized carbons (Fsp3) is 0.538. The van der Waals surface area contributed by atoms with Gasteiger partial charge in [0.1, 0.15) is 5.69 Å². The van der Waals surface area contributed by atoms with E-state index in [2.05, 4.69) is 15.2 Å². The van der Waals surface area contributed by atoms with Gasteiger partial charge in [0.15, 0.2) is 0 Å². The number of carbonyl (C=O) groups excluding carboxylic acids is 1. The molecule has 0 radical (unpaired) electrons. The van der Waals surface area contributed by atoms with Gasteiger partial charge in [-0.25, -0.2) is 4.79 Å². The predicted octanol–water partition coefficient (Wildman–Crippen LogP) is 1.45. The van der Waals surface area contributed by atoms with E-state index in [1.54, 1.807) is 13.1 Å². The summed E-state index contributed by atoms with van der Waals surface area (Å²) in [7, 11) is 0. The number of rotatable bonds is 4. The zero-order valence-electron chi connectivity index (χ0n) is 11.0. The molecule has 1 aromatic rings. The number of nitrogens with one attached hydrogen (secondary N) is 2. The predicted molar refractivity (Wildman–Crippen MR) is 71.4 cm³/mol. The smallest absolute Gasteiger partial charge is 0.354 e. The molecule has 1 aromatic heterocycles. The first-order valence-electron chi connectivity index (χ1n) is 6.51. The van der Waals surface area contributed by atoms with Crippen LogP contribution < -0.4 is 5.32 Å². The monoisotopic (exact) mass is 265 g/mol. The lowest BCUT2D eigenvalue weighted by molar-refractivity contribution is -0.117. The van der Waals surface area contributed by atoms with E-state index in [1.807, 2.05) is 0 Å². The van der Waals surface area contributed by atoms with E-state index < -0.39 is 5.97 Å². The van der Waals surface area contributed by atoms with Crippen LogP contribution in [0.15, 0.2) is 6.20 Å². The van der Waals surface area contributed by atoms with Crippen LogP contribution in [0.5, 0.6) is 0 Å². The summed E-state index contributed by atoms with van der Waals surface area (Å²) in [6.07, 6.45) is 5.05. The van der Waals surface area contributed by atoms with Gasteiger partial charge in [0.25, 0.3) is 0 Å².